The highest BCUT2D eigenvalue weighted by Gasteiger charge is 2.10. The predicted octanol–water partition coefficient (Wildman–Crippen LogP) is 3.14. The van der Waals surface area contributed by atoms with Crippen LogP contribution in [-0.2, 0) is 6.61 Å². The van der Waals surface area contributed by atoms with Gasteiger partial charge >= 0.3 is 0 Å². The van der Waals surface area contributed by atoms with Crippen LogP contribution in [0.4, 0.5) is 4.39 Å². The quantitative estimate of drug-likeness (QED) is 0.803. The Morgan fingerprint density at radius 3 is 3.00 bits per heavy atom. The minimum Gasteiger partial charge on any atom is -0.392 e. The van der Waals surface area contributed by atoms with E-state index >= 15 is 0 Å². The molecule has 13 heavy (non-hydrogen) atoms. The number of benzene rings is 1. The van der Waals surface area contributed by atoms with Gasteiger partial charge in [-0.15, -0.1) is 11.3 Å². The van der Waals surface area contributed by atoms with Crippen molar-refractivity contribution in [3.63, 3.8) is 0 Å². The number of thiophene rings is 1. The first-order valence-corrected chi connectivity index (χ1v) is 5.65. The molecular formula is C9H6FIOS. The number of rotatable bonds is 1. The van der Waals surface area contributed by atoms with E-state index in [1.807, 2.05) is 34.0 Å². The lowest BCUT2D eigenvalue weighted by atomic mass is 10.2. The maximum Gasteiger partial charge on any atom is 0.145 e. The van der Waals surface area contributed by atoms with Gasteiger partial charge in [-0.1, -0.05) is 0 Å². The lowest BCUT2D eigenvalue weighted by molar-refractivity contribution is 0.280. The predicted molar refractivity (Wildman–Crippen MR) is 60.4 cm³/mol. The van der Waals surface area contributed by atoms with Gasteiger partial charge in [-0.25, -0.2) is 4.39 Å². The highest BCUT2D eigenvalue weighted by molar-refractivity contribution is 14.1. The fourth-order valence-electron chi connectivity index (χ4n) is 1.21. The first-order chi connectivity index (χ1) is 6.24. The number of aliphatic hydroxyl groups is 1. The van der Waals surface area contributed by atoms with Gasteiger partial charge in [-0.2, -0.15) is 0 Å². The fraction of sp³-hybridized carbons (Fsp3) is 0.111. The van der Waals surface area contributed by atoms with Gasteiger partial charge in [0.2, 0.25) is 0 Å². The molecule has 0 bridgehead atoms. The highest BCUT2D eigenvalue weighted by atomic mass is 127. The molecule has 0 aliphatic carbocycles. The third-order valence-electron chi connectivity index (χ3n) is 1.88. The highest BCUT2D eigenvalue weighted by Crippen LogP contribution is 2.29. The van der Waals surface area contributed by atoms with Crippen molar-refractivity contribution in [2.24, 2.45) is 0 Å². The molecule has 0 radical (unpaired) electrons. The molecule has 0 unspecified atom stereocenters. The van der Waals surface area contributed by atoms with Gasteiger partial charge in [0.25, 0.3) is 0 Å². The van der Waals surface area contributed by atoms with Crippen LogP contribution in [0, 0.1) is 9.39 Å². The molecule has 0 saturated carbocycles. The van der Waals surface area contributed by atoms with Crippen molar-refractivity contribution in [2.75, 3.05) is 0 Å². The Kier molecular flexibility index (Phi) is 2.53. The third-order valence-corrected chi connectivity index (χ3v) is 3.91. The van der Waals surface area contributed by atoms with Gasteiger partial charge in [0.15, 0.2) is 0 Å². The lowest BCUT2D eigenvalue weighted by Gasteiger charge is -2.02. The van der Waals surface area contributed by atoms with Crippen LogP contribution in [0.5, 0.6) is 0 Å². The van der Waals surface area contributed by atoms with Crippen LogP contribution in [0.1, 0.15) is 5.56 Å². The smallest absolute Gasteiger partial charge is 0.145 e. The zero-order chi connectivity index (χ0) is 9.42. The molecule has 1 N–H and O–H groups in total. The van der Waals surface area contributed by atoms with Crippen LogP contribution in [0.25, 0.3) is 10.1 Å². The van der Waals surface area contributed by atoms with Crippen molar-refractivity contribution < 1.29 is 9.50 Å². The van der Waals surface area contributed by atoms with Crippen LogP contribution in [0.2, 0.25) is 0 Å². The van der Waals surface area contributed by atoms with E-state index < -0.39 is 0 Å². The second-order valence-corrected chi connectivity index (χ2v) is 4.68. The van der Waals surface area contributed by atoms with Crippen LogP contribution < -0.4 is 0 Å². The van der Waals surface area contributed by atoms with E-state index in [9.17, 15) is 4.39 Å². The monoisotopic (exact) mass is 308 g/mol. The Balaban J connectivity index is 2.83. The van der Waals surface area contributed by atoms with Gasteiger partial charge in [0.05, 0.1) is 10.2 Å². The fourth-order valence-corrected chi connectivity index (χ4v) is 2.67. The largest absolute Gasteiger partial charge is 0.392 e. The van der Waals surface area contributed by atoms with Crippen molar-refractivity contribution >= 4 is 44.0 Å². The summed E-state index contributed by atoms with van der Waals surface area (Å²) in [6, 6.07) is 3.60. The molecule has 4 heteroatoms. The molecule has 0 aliphatic heterocycles. The number of fused-ring (bicyclic) bond motifs is 1. The van der Waals surface area contributed by atoms with Gasteiger partial charge < -0.3 is 5.11 Å². The minimum atomic E-state index is -0.219. The van der Waals surface area contributed by atoms with Crippen LogP contribution in [0.3, 0.4) is 0 Å². The Morgan fingerprint density at radius 2 is 2.31 bits per heavy atom. The molecule has 2 aromatic rings. The first kappa shape index (κ1) is 9.36. The van der Waals surface area contributed by atoms with Crippen LogP contribution in [0.15, 0.2) is 17.5 Å². The SMILES string of the molecule is OCc1cc2sccc2c(F)c1I. The molecule has 0 amide bonds. The molecule has 0 saturated heterocycles. The summed E-state index contributed by atoms with van der Waals surface area (Å²) < 4.78 is 15.0. The average Bonchev–Trinajstić information content (AvgIpc) is 2.59. The summed E-state index contributed by atoms with van der Waals surface area (Å²) in [5.74, 6) is -0.219. The normalized spacial score (nSPS) is 11.0. The van der Waals surface area contributed by atoms with E-state index in [2.05, 4.69) is 0 Å². The lowest BCUT2D eigenvalue weighted by Crippen LogP contribution is -1.92. The summed E-state index contributed by atoms with van der Waals surface area (Å²) in [5.41, 5.74) is 0.660. The molecule has 2 rings (SSSR count). The van der Waals surface area contributed by atoms with Gasteiger partial charge in [0.1, 0.15) is 5.82 Å². The van der Waals surface area contributed by atoms with Crippen molar-refractivity contribution in [2.45, 2.75) is 6.61 Å². The molecule has 0 spiro atoms. The van der Waals surface area contributed by atoms with Gasteiger partial charge in [0, 0.05) is 10.1 Å². The first-order valence-electron chi connectivity index (χ1n) is 3.69. The molecule has 1 aromatic carbocycles. The zero-order valence-electron chi connectivity index (χ0n) is 6.55. The minimum absolute atomic E-state index is 0.108. The van der Waals surface area contributed by atoms with Crippen molar-refractivity contribution in [3.05, 3.63) is 32.5 Å². The summed E-state index contributed by atoms with van der Waals surface area (Å²) in [6.07, 6.45) is 0. The maximum absolute atomic E-state index is 13.6. The Labute approximate surface area is 92.3 Å². The summed E-state index contributed by atoms with van der Waals surface area (Å²) in [5, 5.41) is 11.5. The molecule has 0 atom stereocenters. The Morgan fingerprint density at radius 1 is 1.54 bits per heavy atom. The van der Waals surface area contributed by atoms with E-state index in [1.165, 1.54) is 11.3 Å². The molecule has 68 valence electrons. The molecule has 1 nitrogen and oxygen atoms in total. The zero-order valence-corrected chi connectivity index (χ0v) is 9.52. The molecule has 0 fully saturated rings. The number of hydrogen-bond acceptors (Lipinski definition) is 2. The van der Waals surface area contributed by atoms with E-state index in [1.54, 1.807) is 6.07 Å². The van der Waals surface area contributed by atoms with E-state index in [-0.39, 0.29) is 12.4 Å². The van der Waals surface area contributed by atoms with Crippen LogP contribution >= 0.6 is 33.9 Å². The van der Waals surface area contributed by atoms with E-state index in [4.69, 9.17) is 5.11 Å². The molecule has 0 aliphatic rings. The second-order valence-electron chi connectivity index (χ2n) is 2.65. The summed E-state index contributed by atoms with van der Waals surface area (Å²) in [6.45, 7) is -0.108. The molecule has 1 heterocycles. The topological polar surface area (TPSA) is 20.2 Å². The molecular weight excluding hydrogens is 302 g/mol. The Hall–Kier alpha value is -0.200. The van der Waals surface area contributed by atoms with Gasteiger partial charge in [-0.05, 0) is 45.7 Å². The average molecular weight is 308 g/mol. The summed E-state index contributed by atoms with van der Waals surface area (Å²) in [4.78, 5) is 0. The van der Waals surface area contributed by atoms with Crippen molar-refractivity contribution in [1.82, 2.24) is 0 Å². The number of hydrogen-bond donors (Lipinski definition) is 1. The maximum atomic E-state index is 13.6. The van der Waals surface area contributed by atoms with E-state index in [0.29, 0.717) is 14.5 Å². The number of aliphatic hydroxyl groups excluding tert-OH is 1. The second kappa shape index (κ2) is 3.51. The van der Waals surface area contributed by atoms with Gasteiger partial charge in [-0.3, -0.25) is 0 Å². The number of halogens is 2. The standard InChI is InChI=1S/C9H6FIOS/c10-8-6-1-2-13-7(6)3-5(4-12)9(8)11/h1-3,12H,4H2. The summed E-state index contributed by atoms with van der Waals surface area (Å²) >= 11 is 3.41. The van der Waals surface area contributed by atoms with Crippen molar-refractivity contribution in [1.29, 1.82) is 0 Å². The summed E-state index contributed by atoms with van der Waals surface area (Å²) in [7, 11) is 0. The van der Waals surface area contributed by atoms with E-state index in [0.717, 1.165) is 4.70 Å². The third kappa shape index (κ3) is 1.47. The molecule has 1 aromatic heterocycles. The Bertz CT molecular complexity index is 452. The van der Waals surface area contributed by atoms with Crippen LogP contribution in [-0.4, -0.2) is 5.11 Å². The van der Waals surface area contributed by atoms with Crippen molar-refractivity contribution in [3.8, 4) is 0 Å².